The molecular weight excluding hydrogens is 701 g/mol. The van der Waals surface area contributed by atoms with Crippen LogP contribution in [0.2, 0.25) is 0 Å². The molecule has 0 spiro atoms. The number of pyridine rings is 1. The van der Waals surface area contributed by atoms with Gasteiger partial charge in [0.15, 0.2) is 46.5 Å². The summed E-state index contributed by atoms with van der Waals surface area (Å²) in [5.74, 6) is -28.7. The maximum Gasteiger partial charge on any atom is 2.00 e. The number of aliphatic imine (C=N–C) groups is 1. The molecule has 4 rings (SSSR count). The van der Waals surface area contributed by atoms with Crippen molar-refractivity contribution in [2.24, 2.45) is 4.99 Å². The number of aromatic carboxylic acids is 2. The van der Waals surface area contributed by atoms with E-state index in [2.05, 4.69) is 9.98 Å². The van der Waals surface area contributed by atoms with E-state index < -0.39 is 81.2 Å². The van der Waals surface area contributed by atoms with Crippen LogP contribution < -0.4 is 10.2 Å². The minimum Gasteiger partial charge on any atom is -0.545 e. The quantitative estimate of drug-likeness (QED) is 0.103. The van der Waals surface area contributed by atoms with Gasteiger partial charge in [0.1, 0.15) is 0 Å². The molecule has 0 aliphatic rings. The SMILES string of the molecule is C(=Nc1ccccc1)c1ccccn1.O=C([O-])c1c(F)c(F)c(F)c(F)c1F.O=C([O-])c1c(F)c(F)c(F)c(F)c1F.[Pd+2]. The van der Waals surface area contributed by atoms with Gasteiger partial charge >= 0.3 is 20.4 Å². The van der Waals surface area contributed by atoms with Crippen molar-refractivity contribution in [2.75, 3.05) is 0 Å². The summed E-state index contributed by atoms with van der Waals surface area (Å²) in [5, 5.41) is 20.0. The van der Waals surface area contributed by atoms with Gasteiger partial charge in [0.2, 0.25) is 11.6 Å². The number of para-hydroxylation sites is 1. The molecule has 0 bridgehead atoms. The first-order valence-corrected chi connectivity index (χ1v) is 10.7. The second kappa shape index (κ2) is 16.1. The van der Waals surface area contributed by atoms with Crippen LogP contribution in [0.15, 0.2) is 59.7 Å². The van der Waals surface area contributed by atoms with E-state index in [-0.39, 0.29) is 20.4 Å². The molecule has 3 aromatic carbocycles. The predicted octanol–water partition coefficient (Wildman–Crippen LogP) is 4.32. The van der Waals surface area contributed by atoms with E-state index in [1.807, 2.05) is 48.5 Å². The molecule has 6 nitrogen and oxygen atoms in total. The molecule has 17 heteroatoms. The molecule has 0 unspecified atom stereocenters. The minimum absolute atomic E-state index is 0. The fourth-order valence-corrected chi connectivity index (χ4v) is 2.68. The van der Waals surface area contributed by atoms with Gasteiger partial charge in [-0.2, -0.15) is 0 Å². The van der Waals surface area contributed by atoms with Gasteiger partial charge in [-0.1, -0.05) is 24.3 Å². The summed E-state index contributed by atoms with van der Waals surface area (Å²) in [4.78, 5) is 28.5. The van der Waals surface area contributed by atoms with E-state index in [1.165, 1.54) is 0 Å². The Labute approximate surface area is 247 Å². The summed E-state index contributed by atoms with van der Waals surface area (Å²) < 4.78 is 124. The summed E-state index contributed by atoms with van der Waals surface area (Å²) in [6, 6.07) is 15.6. The Morgan fingerprint density at radius 2 is 0.907 bits per heavy atom. The molecule has 0 aliphatic carbocycles. The molecule has 0 atom stereocenters. The fourth-order valence-electron chi connectivity index (χ4n) is 2.68. The van der Waals surface area contributed by atoms with Crippen LogP contribution in [0, 0.1) is 58.2 Å². The normalized spacial score (nSPS) is 10.2. The van der Waals surface area contributed by atoms with Crippen molar-refractivity contribution < 1.29 is 84.1 Å². The zero-order valence-corrected chi connectivity index (χ0v) is 22.0. The van der Waals surface area contributed by atoms with Gasteiger partial charge in [0.05, 0.1) is 40.7 Å². The third-order valence-corrected chi connectivity index (χ3v) is 4.62. The predicted molar refractivity (Wildman–Crippen MR) is 119 cm³/mol. The van der Waals surface area contributed by atoms with Gasteiger partial charge in [-0.25, -0.2) is 43.9 Å². The fraction of sp³-hybridized carbons (Fsp3) is 0. The van der Waals surface area contributed by atoms with E-state index in [9.17, 15) is 63.7 Å². The number of hydrogen-bond acceptors (Lipinski definition) is 6. The van der Waals surface area contributed by atoms with E-state index >= 15 is 0 Å². The average molecular weight is 711 g/mol. The number of carbonyl (C=O) groups is 2. The molecule has 43 heavy (non-hydrogen) atoms. The first-order chi connectivity index (χ1) is 19.7. The number of halogens is 10. The maximum absolute atomic E-state index is 12.5. The van der Waals surface area contributed by atoms with Gasteiger partial charge in [0.25, 0.3) is 0 Å². The molecule has 0 saturated carbocycles. The monoisotopic (exact) mass is 710 g/mol. The summed E-state index contributed by atoms with van der Waals surface area (Å²) in [6.45, 7) is 0. The van der Waals surface area contributed by atoms with E-state index in [1.54, 1.807) is 12.4 Å². The zero-order chi connectivity index (χ0) is 31.7. The third-order valence-electron chi connectivity index (χ3n) is 4.62. The second-order valence-electron chi connectivity index (χ2n) is 7.31. The molecule has 228 valence electrons. The summed E-state index contributed by atoms with van der Waals surface area (Å²) in [6.07, 6.45) is 3.52. The first kappa shape index (κ1) is 36.4. The standard InChI is InChI=1S/C12H10N2.2C7HF5O2.Pd/c1-2-6-11(7-3-1)14-10-12-8-4-5-9-13-12;2*8-2-1(7(13)14)3(9)5(11)6(12)4(2)10;/h1-10H;2*(H,13,14);/q;;;+2/p-2. The van der Waals surface area contributed by atoms with E-state index in [0.29, 0.717) is 0 Å². The van der Waals surface area contributed by atoms with Gasteiger partial charge in [-0.05, 0) is 24.3 Å². The topological polar surface area (TPSA) is 106 Å². The van der Waals surface area contributed by atoms with Crippen molar-refractivity contribution in [1.82, 2.24) is 4.98 Å². The van der Waals surface area contributed by atoms with Crippen LogP contribution >= 0.6 is 0 Å². The van der Waals surface area contributed by atoms with Crippen molar-refractivity contribution in [1.29, 1.82) is 0 Å². The minimum atomic E-state index is -2.47. The van der Waals surface area contributed by atoms with Gasteiger partial charge in [0, 0.05) is 6.20 Å². The van der Waals surface area contributed by atoms with Crippen LogP contribution in [0.25, 0.3) is 0 Å². The van der Waals surface area contributed by atoms with Crippen LogP contribution in [0.5, 0.6) is 0 Å². The van der Waals surface area contributed by atoms with Gasteiger partial charge in [-0.3, -0.25) is 9.98 Å². The van der Waals surface area contributed by atoms with Gasteiger partial charge in [-0.15, -0.1) is 0 Å². The summed E-state index contributed by atoms with van der Waals surface area (Å²) >= 11 is 0. The second-order valence-corrected chi connectivity index (χ2v) is 7.31. The van der Waals surface area contributed by atoms with Crippen molar-refractivity contribution in [3.8, 4) is 0 Å². The molecule has 1 aromatic heterocycles. The van der Waals surface area contributed by atoms with Crippen LogP contribution in [0.3, 0.4) is 0 Å². The Morgan fingerprint density at radius 3 is 1.23 bits per heavy atom. The zero-order valence-electron chi connectivity index (χ0n) is 20.4. The molecule has 0 saturated heterocycles. The number of nitrogens with zero attached hydrogens (tertiary/aromatic N) is 2. The van der Waals surface area contributed by atoms with Crippen molar-refractivity contribution >= 4 is 23.8 Å². The Morgan fingerprint density at radius 1 is 0.558 bits per heavy atom. The first-order valence-electron chi connectivity index (χ1n) is 10.7. The van der Waals surface area contributed by atoms with Crippen LogP contribution in [-0.4, -0.2) is 23.1 Å². The van der Waals surface area contributed by atoms with Crippen LogP contribution in [0.1, 0.15) is 26.4 Å². The van der Waals surface area contributed by atoms with Gasteiger partial charge < -0.3 is 19.8 Å². The number of hydrogen-bond donors (Lipinski definition) is 0. The van der Waals surface area contributed by atoms with E-state index in [4.69, 9.17) is 0 Å². The average Bonchev–Trinajstić information content (AvgIpc) is 2.97. The van der Waals surface area contributed by atoms with Crippen molar-refractivity contribution in [3.63, 3.8) is 0 Å². The molecule has 4 aromatic rings. The Balaban J connectivity index is 0.000000319. The van der Waals surface area contributed by atoms with Crippen LogP contribution in [-0.2, 0) is 20.4 Å². The van der Waals surface area contributed by atoms with E-state index in [0.717, 1.165) is 11.4 Å². The molecule has 0 aliphatic heterocycles. The molecule has 1 heterocycles. The summed E-state index contributed by atoms with van der Waals surface area (Å²) in [5.41, 5.74) is -2.13. The van der Waals surface area contributed by atoms with Crippen LogP contribution in [0.4, 0.5) is 49.6 Å². The number of benzene rings is 3. The Bertz CT molecular complexity index is 1460. The molecular formula is C26H10F10N2O4Pd. The summed E-state index contributed by atoms with van der Waals surface area (Å²) in [7, 11) is 0. The number of carboxylic acids is 2. The number of rotatable bonds is 4. The Kier molecular flexibility index (Phi) is 13.7. The number of aromatic nitrogens is 1. The van der Waals surface area contributed by atoms with Crippen molar-refractivity contribution in [3.05, 3.63) is 130 Å². The molecule has 0 N–H and O–H groups in total. The molecule has 0 amide bonds. The Hall–Kier alpha value is -4.62. The third kappa shape index (κ3) is 8.93. The maximum atomic E-state index is 12.5. The molecule has 0 fully saturated rings. The number of carbonyl (C=O) groups excluding carboxylic acids is 2. The molecule has 0 radical (unpaired) electrons. The number of carboxylic acid groups (broad SMARTS) is 2. The smallest absolute Gasteiger partial charge is 0.545 e. The van der Waals surface area contributed by atoms with Crippen molar-refractivity contribution in [2.45, 2.75) is 0 Å². The largest absolute Gasteiger partial charge is 2.00 e.